The molecule has 1 aromatic carbocycles. The molecule has 0 spiro atoms. The molecule has 1 rings (SSSR count). The van der Waals surface area contributed by atoms with E-state index in [1.165, 1.54) is 0 Å². The Kier molecular flexibility index (Phi) is 6.18. The highest BCUT2D eigenvalue weighted by molar-refractivity contribution is 6.32. The van der Waals surface area contributed by atoms with Gasteiger partial charge in [-0.1, -0.05) is 29.8 Å². The van der Waals surface area contributed by atoms with Crippen LogP contribution in [-0.4, -0.2) is 19.3 Å². The second kappa shape index (κ2) is 7.21. The number of rotatable bonds is 6. The van der Waals surface area contributed by atoms with Gasteiger partial charge < -0.3 is 14.8 Å². The normalized spacial score (nSPS) is 11.3. The molecular weight excluding hydrogens is 297 g/mol. The summed E-state index contributed by atoms with van der Waals surface area (Å²) in [6.45, 7) is 10.8. The second-order valence-corrected chi connectivity index (χ2v) is 6.46. The van der Waals surface area contributed by atoms with Gasteiger partial charge in [-0.2, -0.15) is 0 Å². The molecule has 1 N–H and O–H groups in total. The van der Waals surface area contributed by atoms with Crippen LogP contribution in [0.5, 0.6) is 11.5 Å². The molecule has 0 bridgehead atoms. The molecule has 5 heteroatoms. The van der Waals surface area contributed by atoms with Crippen LogP contribution in [0.25, 0.3) is 0 Å². The first-order valence-electron chi connectivity index (χ1n) is 6.30. The topological polar surface area (TPSA) is 30.5 Å². The van der Waals surface area contributed by atoms with Crippen LogP contribution in [0.1, 0.15) is 26.3 Å². The van der Waals surface area contributed by atoms with Crippen LogP contribution in [0.3, 0.4) is 0 Å². The van der Waals surface area contributed by atoms with Gasteiger partial charge in [0.2, 0.25) is 0 Å². The average molecular weight is 318 g/mol. The third-order valence-electron chi connectivity index (χ3n) is 2.49. The molecule has 0 heterocycles. The van der Waals surface area contributed by atoms with Crippen LogP contribution in [0.4, 0.5) is 0 Å². The van der Waals surface area contributed by atoms with E-state index in [0.717, 1.165) is 5.56 Å². The van der Waals surface area contributed by atoms with Crippen molar-refractivity contribution in [2.45, 2.75) is 32.9 Å². The number of halogens is 2. The van der Waals surface area contributed by atoms with Crippen LogP contribution in [0.15, 0.2) is 23.7 Å². The predicted molar refractivity (Wildman–Crippen MR) is 85.1 cm³/mol. The molecule has 0 fully saturated rings. The van der Waals surface area contributed by atoms with Crippen molar-refractivity contribution in [3.05, 3.63) is 34.3 Å². The molecule has 0 atom stereocenters. The highest BCUT2D eigenvalue weighted by atomic mass is 35.5. The fourth-order valence-corrected chi connectivity index (χ4v) is 1.88. The largest absolute Gasteiger partial charge is 0.493 e. The Labute approximate surface area is 130 Å². The van der Waals surface area contributed by atoms with E-state index >= 15 is 0 Å². The van der Waals surface area contributed by atoms with Gasteiger partial charge in [0.15, 0.2) is 11.5 Å². The Balaban J connectivity index is 2.92. The number of methoxy groups -OCH3 is 1. The summed E-state index contributed by atoms with van der Waals surface area (Å²) in [4.78, 5) is 0. The molecule has 0 aliphatic carbocycles. The summed E-state index contributed by atoms with van der Waals surface area (Å²) in [7, 11) is 1.58. The molecule has 3 nitrogen and oxygen atoms in total. The maximum Gasteiger partial charge on any atom is 0.180 e. The van der Waals surface area contributed by atoms with Gasteiger partial charge in [0.05, 0.1) is 12.1 Å². The highest BCUT2D eigenvalue weighted by Gasteiger charge is 2.14. The average Bonchev–Trinajstić information content (AvgIpc) is 2.33. The van der Waals surface area contributed by atoms with Crippen molar-refractivity contribution in [2.75, 3.05) is 13.7 Å². The minimum absolute atomic E-state index is 0.0330. The van der Waals surface area contributed by atoms with E-state index in [4.69, 9.17) is 32.7 Å². The maximum absolute atomic E-state index is 6.24. The summed E-state index contributed by atoms with van der Waals surface area (Å²) in [6.07, 6.45) is 0. The van der Waals surface area contributed by atoms with Crippen molar-refractivity contribution in [3.8, 4) is 11.5 Å². The molecule has 1 aromatic rings. The van der Waals surface area contributed by atoms with Crippen LogP contribution in [0.2, 0.25) is 5.02 Å². The van der Waals surface area contributed by atoms with Gasteiger partial charge in [0.1, 0.15) is 6.61 Å². The lowest BCUT2D eigenvalue weighted by molar-refractivity contribution is 0.323. The first-order valence-corrected chi connectivity index (χ1v) is 7.06. The van der Waals surface area contributed by atoms with Gasteiger partial charge in [-0.25, -0.2) is 0 Å². The standard InChI is InChI=1S/C15H21Cl2NO2/c1-10(16)9-20-14-12(17)6-11(7-13(14)19-5)8-18-15(2,3)4/h6-7,18H,1,8-9H2,2-5H3. The second-order valence-electron chi connectivity index (χ2n) is 5.52. The van der Waals surface area contributed by atoms with Gasteiger partial charge >= 0.3 is 0 Å². The van der Waals surface area contributed by atoms with E-state index in [2.05, 4.69) is 32.7 Å². The van der Waals surface area contributed by atoms with Crippen LogP contribution >= 0.6 is 23.2 Å². The van der Waals surface area contributed by atoms with E-state index in [-0.39, 0.29) is 12.1 Å². The molecule has 0 aliphatic heterocycles. The minimum atomic E-state index is 0.0330. The zero-order chi connectivity index (χ0) is 15.3. The minimum Gasteiger partial charge on any atom is -0.493 e. The SMILES string of the molecule is C=C(Cl)COc1c(Cl)cc(CNC(C)(C)C)cc1OC. The number of ether oxygens (including phenoxy) is 2. The molecule has 0 saturated carbocycles. The summed E-state index contributed by atoms with van der Waals surface area (Å²) < 4.78 is 10.8. The van der Waals surface area contributed by atoms with Gasteiger partial charge in [0.25, 0.3) is 0 Å². The molecule has 0 amide bonds. The molecule has 112 valence electrons. The number of hydrogen-bond donors (Lipinski definition) is 1. The maximum atomic E-state index is 6.24. The zero-order valence-corrected chi connectivity index (χ0v) is 13.9. The van der Waals surface area contributed by atoms with Crippen LogP contribution in [-0.2, 0) is 6.54 Å². The summed E-state index contributed by atoms with van der Waals surface area (Å²) in [5.41, 5.74) is 1.06. The van der Waals surface area contributed by atoms with Gasteiger partial charge in [-0.15, -0.1) is 0 Å². The summed E-state index contributed by atoms with van der Waals surface area (Å²) in [6, 6.07) is 3.76. The third-order valence-corrected chi connectivity index (χ3v) is 2.88. The fourth-order valence-electron chi connectivity index (χ4n) is 1.53. The van der Waals surface area contributed by atoms with E-state index in [1.807, 2.05) is 12.1 Å². The van der Waals surface area contributed by atoms with Crippen molar-refractivity contribution in [2.24, 2.45) is 0 Å². The monoisotopic (exact) mass is 317 g/mol. The smallest absolute Gasteiger partial charge is 0.180 e. The Morgan fingerprint density at radius 3 is 2.50 bits per heavy atom. The third kappa shape index (κ3) is 5.61. The summed E-state index contributed by atoms with van der Waals surface area (Å²) in [5.74, 6) is 1.07. The summed E-state index contributed by atoms with van der Waals surface area (Å²) in [5, 5.41) is 4.29. The Morgan fingerprint density at radius 1 is 1.35 bits per heavy atom. The van der Waals surface area contributed by atoms with Gasteiger partial charge in [-0.05, 0) is 38.5 Å². The Morgan fingerprint density at radius 2 is 2.00 bits per heavy atom. The number of benzene rings is 1. The van der Waals surface area contributed by atoms with E-state index in [0.29, 0.717) is 28.1 Å². The van der Waals surface area contributed by atoms with Crippen molar-refractivity contribution in [1.29, 1.82) is 0 Å². The lowest BCUT2D eigenvalue weighted by Crippen LogP contribution is -2.35. The number of nitrogens with one attached hydrogen (secondary N) is 1. The van der Waals surface area contributed by atoms with E-state index in [1.54, 1.807) is 7.11 Å². The molecule has 0 saturated heterocycles. The molecule has 0 unspecified atom stereocenters. The molecule has 0 aliphatic rings. The first kappa shape index (κ1) is 17.2. The highest BCUT2D eigenvalue weighted by Crippen LogP contribution is 2.36. The molecule has 20 heavy (non-hydrogen) atoms. The van der Waals surface area contributed by atoms with Crippen molar-refractivity contribution >= 4 is 23.2 Å². The lowest BCUT2D eigenvalue weighted by atomic mass is 10.1. The van der Waals surface area contributed by atoms with Gasteiger partial charge in [0, 0.05) is 17.1 Å². The Hall–Kier alpha value is -0.900. The van der Waals surface area contributed by atoms with Crippen molar-refractivity contribution in [1.82, 2.24) is 5.32 Å². The van der Waals surface area contributed by atoms with Crippen molar-refractivity contribution in [3.63, 3.8) is 0 Å². The van der Waals surface area contributed by atoms with Crippen LogP contribution in [0, 0.1) is 0 Å². The fraction of sp³-hybridized carbons (Fsp3) is 0.467. The van der Waals surface area contributed by atoms with E-state index < -0.39 is 0 Å². The molecule has 0 aromatic heterocycles. The quantitative estimate of drug-likeness (QED) is 0.845. The first-order chi connectivity index (χ1) is 9.23. The number of hydrogen-bond acceptors (Lipinski definition) is 3. The zero-order valence-electron chi connectivity index (χ0n) is 12.3. The van der Waals surface area contributed by atoms with Crippen molar-refractivity contribution < 1.29 is 9.47 Å². The van der Waals surface area contributed by atoms with Crippen LogP contribution < -0.4 is 14.8 Å². The summed E-state index contributed by atoms with van der Waals surface area (Å²) >= 11 is 11.9. The van der Waals surface area contributed by atoms with Gasteiger partial charge in [-0.3, -0.25) is 0 Å². The predicted octanol–water partition coefficient (Wildman–Crippen LogP) is 4.37. The Bertz CT molecular complexity index is 481. The molecule has 0 radical (unpaired) electrons. The lowest BCUT2D eigenvalue weighted by Gasteiger charge is -2.21. The van der Waals surface area contributed by atoms with E-state index in [9.17, 15) is 0 Å². The molecular formula is C15H21Cl2NO2.